The van der Waals surface area contributed by atoms with Crippen LogP contribution >= 0.6 is 0 Å². The molecule has 9 nitrogen and oxygen atoms in total. The largest absolute Gasteiger partial charge is 0.493 e. The molecule has 0 radical (unpaired) electrons. The Balaban J connectivity index is 1.53. The summed E-state index contributed by atoms with van der Waals surface area (Å²) in [6, 6.07) is 9.27. The number of hydrazone groups is 1. The van der Waals surface area contributed by atoms with Crippen LogP contribution in [-0.2, 0) is 6.54 Å². The van der Waals surface area contributed by atoms with Crippen molar-refractivity contribution in [3.63, 3.8) is 0 Å². The van der Waals surface area contributed by atoms with Crippen LogP contribution in [-0.4, -0.2) is 40.0 Å². The highest BCUT2D eigenvalue weighted by Gasteiger charge is 2.11. The Morgan fingerprint density at radius 2 is 2.04 bits per heavy atom. The van der Waals surface area contributed by atoms with Crippen molar-refractivity contribution in [2.24, 2.45) is 5.10 Å². The van der Waals surface area contributed by atoms with Gasteiger partial charge < -0.3 is 18.5 Å². The molecule has 0 aliphatic heterocycles. The maximum atomic E-state index is 5.38. The number of furan rings is 1. The van der Waals surface area contributed by atoms with Crippen molar-refractivity contribution in [2.45, 2.75) is 6.54 Å². The third kappa shape index (κ3) is 3.50. The summed E-state index contributed by atoms with van der Waals surface area (Å²) in [7, 11) is 3.19. The Bertz CT molecular complexity index is 1100. The maximum Gasteiger partial charge on any atom is 0.177 e. The number of methoxy groups -OCH3 is 2. The lowest BCUT2D eigenvalue weighted by Crippen LogP contribution is -2.00. The molecular weight excluding hydrogens is 360 g/mol. The summed E-state index contributed by atoms with van der Waals surface area (Å²) in [6.07, 6.45) is 6.47. The zero-order valence-corrected chi connectivity index (χ0v) is 15.4. The zero-order chi connectivity index (χ0) is 19.3. The van der Waals surface area contributed by atoms with Crippen molar-refractivity contribution < 1.29 is 13.9 Å². The topological polar surface area (TPSA) is 99.6 Å². The number of ether oxygens (including phenoxy) is 2. The van der Waals surface area contributed by atoms with Crippen LogP contribution in [0.1, 0.15) is 11.3 Å². The average molecular weight is 378 g/mol. The second-order valence-corrected chi connectivity index (χ2v) is 5.83. The Labute approximate surface area is 160 Å². The van der Waals surface area contributed by atoms with Crippen LogP contribution in [0.5, 0.6) is 11.5 Å². The summed E-state index contributed by atoms with van der Waals surface area (Å²) in [4.78, 5) is 12.9. The van der Waals surface area contributed by atoms with Gasteiger partial charge in [0, 0.05) is 0 Å². The van der Waals surface area contributed by atoms with Gasteiger partial charge in [0.25, 0.3) is 0 Å². The molecular formula is C19H18N6O3. The normalized spacial score (nSPS) is 11.2. The minimum Gasteiger partial charge on any atom is -0.493 e. The first-order valence-corrected chi connectivity index (χ1v) is 8.48. The van der Waals surface area contributed by atoms with E-state index in [-0.39, 0.29) is 0 Å². The van der Waals surface area contributed by atoms with E-state index in [1.807, 2.05) is 34.9 Å². The molecule has 4 aromatic rings. The molecule has 3 aromatic heterocycles. The predicted molar refractivity (Wildman–Crippen MR) is 104 cm³/mol. The van der Waals surface area contributed by atoms with Gasteiger partial charge in [-0.15, -0.1) is 0 Å². The molecule has 0 aliphatic rings. The van der Waals surface area contributed by atoms with Crippen LogP contribution in [0, 0.1) is 0 Å². The number of benzene rings is 1. The molecule has 0 unspecified atom stereocenters. The van der Waals surface area contributed by atoms with E-state index in [4.69, 9.17) is 13.9 Å². The average Bonchev–Trinajstić information content (AvgIpc) is 3.39. The number of nitrogens with one attached hydrogen (secondary N) is 1. The fourth-order valence-electron chi connectivity index (χ4n) is 2.75. The first-order chi connectivity index (χ1) is 13.8. The summed E-state index contributed by atoms with van der Waals surface area (Å²) < 4.78 is 17.8. The van der Waals surface area contributed by atoms with Crippen molar-refractivity contribution in [3.05, 3.63) is 60.6 Å². The second kappa shape index (κ2) is 7.78. The first-order valence-electron chi connectivity index (χ1n) is 8.48. The van der Waals surface area contributed by atoms with Crippen LogP contribution < -0.4 is 14.9 Å². The van der Waals surface area contributed by atoms with Gasteiger partial charge in [-0.1, -0.05) is 0 Å². The molecule has 1 aromatic carbocycles. The van der Waals surface area contributed by atoms with Gasteiger partial charge >= 0.3 is 0 Å². The van der Waals surface area contributed by atoms with Gasteiger partial charge in [-0.25, -0.2) is 15.0 Å². The van der Waals surface area contributed by atoms with Crippen LogP contribution in [0.15, 0.2) is 58.8 Å². The number of nitrogens with zero attached hydrogens (tertiary/aromatic N) is 5. The van der Waals surface area contributed by atoms with E-state index in [1.54, 1.807) is 33.0 Å². The van der Waals surface area contributed by atoms with E-state index in [0.29, 0.717) is 35.0 Å². The first kappa shape index (κ1) is 17.5. The van der Waals surface area contributed by atoms with Gasteiger partial charge in [-0.2, -0.15) is 5.10 Å². The molecule has 142 valence electrons. The molecule has 1 N–H and O–H groups in total. The fourth-order valence-corrected chi connectivity index (χ4v) is 2.75. The molecule has 0 fully saturated rings. The molecule has 0 spiro atoms. The van der Waals surface area contributed by atoms with Gasteiger partial charge in [0.1, 0.15) is 12.1 Å². The second-order valence-electron chi connectivity index (χ2n) is 5.83. The molecule has 0 amide bonds. The quantitative estimate of drug-likeness (QED) is 0.390. The van der Waals surface area contributed by atoms with Gasteiger partial charge in [0.2, 0.25) is 0 Å². The van der Waals surface area contributed by atoms with E-state index in [1.165, 1.54) is 6.33 Å². The van der Waals surface area contributed by atoms with Crippen molar-refractivity contribution in [1.82, 2.24) is 19.5 Å². The monoisotopic (exact) mass is 378 g/mol. The van der Waals surface area contributed by atoms with Gasteiger partial charge in [-0.05, 0) is 35.9 Å². The third-order valence-corrected chi connectivity index (χ3v) is 4.10. The lowest BCUT2D eigenvalue weighted by atomic mass is 10.2. The molecule has 0 saturated carbocycles. The van der Waals surface area contributed by atoms with E-state index in [2.05, 4.69) is 25.5 Å². The lowest BCUT2D eigenvalue weighted by Gasteiger charge is -2.07. The molecule has 0 saturated heterocycles. The summed E-state index contributed by atoms with van der Waals surface area (Å²) in [5.74, 6) is 2.62. The summed E-state index contributed by atoms with van der Waals surface area (Å²) in [5, 5.41) is 4.25. The Kier molecular flexibility index (Phi) is 4.87. The fraction of sp³-hybridized carbons (Fsp3) is 0.158. The third-order valence-electron chi connectivity index (χ3n) is 4.10. The Morgan fingerprint density at radius 1 is 1.14 bits per heavy atom. The molecule has 3 heterocycles. The van der Waals surface area contributed by atoms with Crippen molar-refractivity contribution >= 4 is 23.2 Å². The summed E-state index contributed by atoms with van der Waals surface area (Å²) in [6.45, 7) is 0.537. The van der Waals surface area contributed by atoms with Gasteiger partial charge in [0.05, 0.1) is 39.6 Å². The Morgan fingerprint density at radius 3 is 2.82 bits per heavy atom. The van der Waals surface area contributed by atoms with Crippen LogP contribution in [0.3, 0.4) is 0 Å². The zero-order valence-electron chi connectivity index (χ0n) is 15.4. The predicted octanol–water partition coefficient (Wildman–Crippen LogP) is 2.93. The molecule has 28 heavy (non-hydrogen) atoms. The Hall–Kier alpha value is -3.88. The van der Waals surface area contributed by atoms with Crippen LogP contribution in [0.2, 0.25) is 0 Å². The summed E-state index contributed by atoms with van der Waals surface area (Å²) in [5.41, 5.74) is 5.08. The molecule has 0 aliphatic carbocycles. The maximum absolute atomic E-state index is 5.38. The smallest absolute Gasteiger partial charge is 0.177 e. The van der Waals surface area contributed by atoms with Crippen molar-refractivity contribution in [1.29, 1.82) is 0 Å². The number of hydrogen-bond acceptors (Lipinski definition) is 8. The lowest BCUT2D eigenvalue weighted by molar-refractivity contribution is 0.355. The SMILES string of the molecule is COc1ccc(C=NNc2ncnc3c2ncn3Cc2ccco2)cc1OC. The highest BCUT2D eigenvalue weighted by atomic mass is 16.5. The molecule has 9 heteroatoms. The summed E-state index contributed by atoms with van der Waals surface area (Å²) >= 11 is 0. The van der Waals surface area contributed by atoms with Crippen LogP contribution in [0.4, 0.5) is 5.82 Å². The van der Waals surface area contributed by atoms with E-state index in [0.717, 1.165) is 11.3 Å². The number of anilines is 1. The van der Waals surface area contributed by atoms with Crippen molar-refractivity contribution in [3.8, 4) is 11.5 Å². The highest BCUT2D eigenvalue weighted by molar-refractivity contribution is 5.85. The molecule has 0 atom stereocenters. The number of fused-ring (bicyclic) bond motifs is 1. The number of imidazole rings is 1. The van der Waals surface area contributed by atoms with E-state index in [9.17, 15) is 0 Å². The van der Waals surface area contributed by atoms with Gasteiger partial charge in [0.15, 0.2) is 28.5 Å². The minimum atomic E-state index is 0.514. The minimum absolute atomic E-state index is 0.514. The highest BCUT2D eigenvalue weighted by Crippen LogP contribution is 2.27. The standard InChI is InChI=1S/C19H18N6O3/c1-26-15-6-5-13(8-16(15)27-2)9-23-24-18-17-19(21-11-20-18)25(12-22-17)10-14-4-3-7-28-14/h3-9,11-12H,10H2,1-2H3,(H,20,21,24). The van der Waals surface area contributed by atoms with E-state index >= 15 is 0 Å². The van der Waals surface area contributed by atoms with Gasteiger partial charge in [-0.3, -0.25) is 5.43 Å². The number of aromatic nitrogens is 4. The van der Waals surface area contributed by atoms with Crippen LogP contribution in [0.25, 0.3) is 11.2 Å². The number of rotatable bonds is 7. The molecule has 4 rings (SSSR count). The van der Waals surface area contributed by atoms with Crippen molar-refractivity contribution in [2.75, 3.05) is 19.6 Å². The van der Waals surface area contributed by atoms with E-state index < -0.39 is 0 Å². The molecule has 0 bridgehead atoms. The number of hydrogen-bond donors (Lipinski definition) is 1.